The summed E-state index contributed by atoms with van der Waals surface area (Å²) in [6.07, 6.45) is 0. The maximum absolute atomic E-state index is 13.2. The molecule has 144 valence electrons. The van der Waals surface area contributed by atoms with Crippen molar-refractivity contribution in [1.82, 2.24) is 9.80 Å². The first-order valence-electron chi connectivity index (χ1n) is 8.97. The van der Waals surface area contributed by atoms with Crippen molar-refractivity contribution < 1.29 is 13.9 Å². The first-order chi connectivity index (χ1) is 13.1. The van der Waals surface area contributed by atoms with Gasteiger partial charge in [-0.05, 0) is 30.3 Å². The molecule has 1 aliphatic rings. The van der Waals surface area contributed by atoms with Crippen LogP contribution in [-0.4, -0.2) is 61.6 Å². The van der Waals surface area contributed by atoms with Gasteiger partial charge in [-0.3, -0.25) is 14.6 Å². The number of anilines is 1. The van der Waals surface area contributed by atoms with Crippen LogP contribution >= 0.6 is 11.6 Å². The van der Waals surface area contributed by atoms with E-state index in [1.807, 2.05) is 30.3 Å². The molecular formula is C20H23ClFN3O2. The zero-order valence-electron chi connectivity index (χ0n) is 15.0. The smallest absolute Gasteiger partial charge is 0.238 e. The minimum absolute atomic E-state index is 0.000800. The highest BCUT2D eigenvalue weighted by atomic mass is 35.5. The molecule has 1 heterocycles. The van der Waals surface area contributed by atoms with Gasteiger partial charge in [0.1, 0.15) is 18.2 Å². The van der Waals surface area contributed by atoms with E-state index in [0.717, 1.165) is 38.5 Å². The number of ether oxygens (including phenoxy) is 1. The van der Waals surface area contributed by atoms with Gasteiger partial charge in [-0.15, -0.1) is 0 Å². The largest absolute Gasteiger partial charge is 0.492 e. The molecule has 2 aromatic carbocycles. The van der Waals surface area contributed by atoms with Crippen molar-refractivity contribution in [3.8, 4) is 5.75 Å². The van der Waals surface area contributed by atoms with Gasteiger partial charge in [-0.2, -0.15) is 0 Å². The molecule has 1 amide bonds. The molecule has 1 fully saturated rings. The number of halogens is 2. The van der Waals surface area contributed by atoms with Gasteiger partial charge in [0.15, 0.2) is 0 Å². The average Bonchev–Trinajstić information content (AvgIpc) is 2.67. The van der Waals surface area contributed by atoms with Crippen LogP contribution in [0.3, 0.4) is 0 Å². The summed E-state index contributed by atoms with van der Waals surface area (Å²) in [4.78, 5) is 16.6. The summed E-state index contributed by atoms with van der Waals surface area (Å²) in [7, 11) is 0. The highest BCUT2D eigenvalue weighted by Crippen LogP contribution is 2.19. The molecule has 0 radical (unpaired) electrons. The third-order valence-corrected chi connectivity index (χ3v) is 4.74. The second kappa shape index (κ2) is 9.69. The molecular weight excluding hydrogens is 369 g/mol. The van der Waals surface area contributed by atoms with Gasteiger partial charge in [0, 0.05) is 38.4 Å². The van der Waals surface area contributed by atoms with Crippen molar-refractivity contribution >= 4 is 23.2 Å². The zero-order chi connectivity index (χ0) is 19.1. The molecule has 2 aromatic rings. The SMILES string of the molecule is O=C(CN1CCN(CCOc2ccccc2)CC1)Nc1ccc(F)c(Cl)c1. The van der Waals surface area contributed by atoms with Crippen LogP contribution in [0.5, 0.6) is 5.75 Å². The maximum atomic E-state index is 13.2. The highest BCUT2D eigenvalue weighted by Gasteiger charge is 2.19. The van der Waals surface area contributed by atoms with Crippen LogP contribution in [0.4, 0.5) is 10.1 Å². The van der Waals surface area contributed by atoms with Crippen molar-refractivity contribution in [2.45, 2.75) is 0 Å². The van der Waals surface area contributed by atoms with Crippen LogP contribution < -0.4 is 10.1 Å². The number of nitrogens with zero attached hydrogens (tertiary/aromatic N) is 2. The first-order valence-corrected chi connectivity index (χ1v) is 9.35. The Balaban J connectivity index is 1.35. The highest BCUT2D eigenvalue weighted by molar-refractivity contribution is 6.31. The number of benzene rings is 2. The van der Waals surface area contributed by atoms with E-state index in [9.17, 15) is 9.18 Å². The standard InChI is InChI=1S/C20H23ClFN3O2/c21-18-14-16(6-7-19(18)22)23-20(26)15-25-10-8-24(9-11-25)12-13-27-17-4-2-1-3-5-17/h1-7,14H,8-13,15H2,(H,23,26). The number of rotatable bonds is 7. The summed E-state index contributed by atoms with van der Waals surface area (Å²) in [5.74, 6) is 0.259. The molecule has 0 aliphatic carbocycles. The molecule has 1 saturated heterocycles. The number of piperazine rings is 1. The van der Waals surface area contributed by atoms with Crippen LogP contribution in [0, 0.1) is 5.82 Å². The Hall–Kier alpha value is -2.15. The number of hydrogen-bond acceptors (Lipinski definition) is 4. The van der Waals surface area contributed by atoms with Gasteiger partial charge in [0.2, 0.25) is 5.91 Å². The fourth-order valence-electron chi connectivity index (χ4n) is 2.96. The number of para-hydroxylation sites is 1. The summed E-state index contributed by atoms with van der Waals surface area (Å²) in [6, 6.07) is 13.9. The fraction of sp³-hybridized carbons (Fsp3) is 0.350. The normalized spacial score (nSPS) is 15.5. The summed E-state index contributed by atoms with van der Waals surface area (Å²) >= 11 is 5.73. The molecule has 0 bridgehead atoms. The first kappa shape index (κ1) is 19.6. The molecule has 7 heteroatoms. The Morgan fingerprint density at radius 1 is 1.07 bits per heavy atom. The summed E-state index contributed by atoms with van der Waals surface area (Å²) < 4.78 is 18.9. The van der Waals surface area contributed by atoms with Crippen molar-refractivity contribution in [1.29, 1.82) is 0 Å². The number of nitrogens with one attached hydrogen (secondary N) is 1. The molecule has 0 spiro atoms. The quantitative estimate of drug-likeness (QED) is 0.787. The van der Waals surface area contributed by atoms with E-state index in [4.69, 9.17) is 16.3 Å². The van der Waals surface area contributed by atoms with Gasteiger partial charge in [-0.25, -0.2) is 4.39 Å². The average molecular weight is 392 g/mol. The van der Waals surface area contributed by atoms with Crippen LogP contribution in [-0.2, 0) is 4.79 Å². The Bertz CT molecular complexity index is 752. The number of amides is 1. The van der Waals surface area contributed by atoms with Gasteiger partial charge < -0.3 is 10.1 Å². The van der Waals surface area contributed by atoms with E-state index in [2.05, 4.69) is 15.1 Å². The lowest BCUT2D eigenvalue weighted by atomic mass is 10.3. The fourth-order valence-corrected chi connectivity index (χ4v) is 3.14. The van der Waals surface area contributed by atoms with Crippen molar-refractivity contribution in [2.75, 3.05) is 51.2 Å². The summed E-state index contributed by atoms with van der Waals surface area (Å²) in [6.45, 7) is 5.26. The second-order valence-corrected chi connectivity index (χ2v) is 6.86. The van der Waals surface area contributed by atoms with E-state index >= 15 is 0 Å². The molecule has 0 saturated carbocycles. The summed E-state index contributed by atoms with van der Waals surface area (Å²) in [5, 5.41) is 2.75. The van der Waals surface area contributed by atoms with E-state index in [1.165, 1.54) is 18.2 Å². The van der Waals surface area contributed by atoms with E-state index < -0.39 is 5.82 Å². The molecule has 0 atom stereocenters. The van der Waals surface area contributed by atoms with E-state index in [0.29, 0.717) is 18.8 Å². The van der Waals surface area contributed by atoms with E-state index in [1.54, 1.807) is 0 Å². The number of hydrogen-bond donors (Lipinski definition) is 1. The lowest BCUT2D eigenvalue weighted by Crippen LogP contribution is -2.49. The molecule has 5 nitrogen and oxygen atoms in total. The lowest BCUT2D eigenvalue weighted by molar-refractivity contribution is -0.117. The Kier molecular flexibility index (Phi) is 7.04. The third-order valence-electron chi connectivity index (χ3n) is 4.45. The predicted molar refractivity (Wildman–Crippen MR) is 105 cm³/mol. The Morgan fingerprint density at radius 3 is 2.48 bits per heavy atom. The van der Waals surface area contributed by atoms with Crippen LogP contribution in [0.25, 0.3) is 0 Å². The molecule has 1 aliphatic heterocycles. The molecule has 1 N–H and O–H groups in total. The minimum Gasteiger partial charge on any atom is -0.492 e. The monoisotopic (exact) mass is 391 g/mol. The van der Waals surface area contributed by atoms with Crippen LogP contribution in [0.1, 0.15) is 0 Å². The number of carbonyl (C=O) groups excluding carboxylic acids is 1. The van der Waals surface area contributed by atoms with Crippen LogP contribution in [0.15, 0.2) is 48.5 Å². The Morgan fingerprint density at radius 2 is 1.78 bits per heavy atom. The molecule has 0 aromatic heterocycles. The van der Waals surface area contributed by atoms with Crippen molar-refractivity contribution in [3.63, 3.8) is 0 Å². The van der Waals surface area contributed by atoms with Gasteiger partial charge in [0.05, 0.1) is 11.6 Å². The maximum Gasteiger partial charge on any atom is 0.238 e. The van der Waals surface area contributed by atoms with Gasteiger partial charge >= 0.3 is 0 Å². The van der Waals surface area contributed by atoms with Gasteiger partial charge in [0.25, 0.3) is 0 Å². The second-order valence-electron chi connectivity index (χ2n) is 6.46. The predicted octanol–water partition coefficient (Wildman–Crippen LogP) is 3.11. The lowest BCUT2D eigenvalue weighted by Gasteiger charge is -2.34. The van der Waals surface area contributed by atoms with Crippen LogP contribution in [0.2, 0.25) is 5.02 Å². The topological polar surface area (TPSA) is 44.8 Å². The van der Waals surface area contributed by atoms with Crippen molar-refractivity contribution in [3.05, 3.63) is 59.4 Å². The molecule has 3 rings (SSSR count). The number of carbonyl (C=O) groups is 1. The molecule has 27 heavy (non-hydrogen) atoms. The van der Waals surface area contributed by atoms with E-state index in [-0.39, 0.29) is 10.9 Å². The van der Waals surface area contributed by atoms with Crippen molar-refractivity contribution in [2.24, 2.45) is 0 Å². The summed E-state index contributed by atoms with van der Waals surface area (Å²) in [5.41, 5.74) is 0.503. The minimum atomic E-state index is -0.498. The third kappa shape index (κ3) is 6.20. The zero-order valence-corrected chi connectivity index (χ0v) is 15.8. The van der Waals surface area contributed by atoms with Gasteiger partial charge in [-0.1, -0.05) is 29.8 Å². The Labute approximate surface area is 163 Å². The molecule has 0 unspecified atom stereocenters.